The van der Waals surface area contributed by atoms with E-state index in [0.717, 1.165) is 17.7 Å². The first-order valence-electron chi connectivity index (χ1n) is 7.38. The minimum Gasteiger partial charge on any atom is -0.312 e. The summed E-state index contributed by atoms with van der Waals surface area (Å²) in [6.45, 7) is 2.27. The molecule has 3 rings (SSSR count). The molecule has 1 fully saturated rings. The van der Waals surface area contributed by atoms with E-state index in [1.165, 1.54) is 11.8 Å². The van der Waals surface area contributed by atoms with Gasteiger partial charge in [0.25, 0.3) is 0 Å². The summed E-state index contributed by atoms with van der Waals surface area (Å²) >= 11 is 0. The number of amides is 2. The number of anilines is 2. The van der Waals surface area contributed by atoms with E-state index in [2.05, 4.69) is 0 Å². The molecule has 2 aliphatic heterocycles. The van der Waals surface area contributed by atoms with Crippen LogP contribution < -0.4 is 9.80 Å². The first kappa shape index (κ1) is 15.9. The van der Waals surface area contributed by atoms with Gasteiger partial charge in [-0.2, -0.15) is 8.42 Å². The first-order valence-corrected chi connectivity index (χ1v) is 8.93. The highest BCUT2D eigenvalue weighted by atomic mass is 32.3. The summed E-state index contributed by atoms with van der Waals surface area (Å²) < 4.78 is 34.4. The van der Waals surface area contributed by atoms with E-state index in [1.54, 1.807) is 17.0 Å². The van der Waals surface area contributed by atoms with Crippen molar-refractivity contribution in [2.45, 2.75) is 19.8 Å². The molecule has 0 saturated carbocycles. The second kappa shape index (κ2) is 5.59. The Balaban J connectivity index is 1.84. The van der Waals surface area contributed by atoms with Crippen molar-refractivity contribution in [2.75, 3.05) is 28.6 Å². The number of benzene rings is 1. The van der Waals surface area contributed by atoms with Crippen LogP contribution in [0.1, 0.15) is 18.9 Å². The minimum atomic E-state index is -4.60. The topological polar surface area (TPSA) is 74.8 Å². The largest absolute Gasteiger partial charge is 0.312 e. The van der Waals surface area contributed by atoms with Crippen LogP contribution in [-0.4, -0.2) is 39.1 Å². The third-order valence-electron chi connectivity index (χ3n) is 4.30. The fraction of sp³-hybridized carbons (Fsp3) is 0.467. The predicted octanol–water partition coefficient (Wildman–Crippen LogP) is 1.25. The van der Waals surface area contributed by atoms with Gasteiger partial charge in [-0.15, -0.1) is 3.89 Å². The smallest absolute Gasteiger partial charge is 0.302 e. The zero-order valence-corrected chi connectivity index (χ0v) is 13.5. The molecule has 2 amide bonds. The lowest BCUT2D eigenvalue weighted by atomic mass is 10.1. The van der Waals surface area contributed by atoms with Gasteiger partial charge in [0.05, 0.1) is 5.75 Å². The molecule has 0 spiro atoms. The fourth-order valence-corrected chi connectivity index (χ4v) is 4.07. The first-order chi connectivity index (χ1) is 10.7. The van der Waals surface area contributed by atoms with Crippen LogP contribution >= 0.6 is 0 Å². The Labute approximate surface area is 134 Å². The van der Waals surface area contributed by atoms with Crippen molar-refractivity contribution in [3.8, 4) is 0 Å². The average Bonchev–Trinajstić information content (AvgIpc) is 2.99. The second-order valence-electron chi connectivity index (χ2n) is 6.01. The Morgan fingerprint density at radius 3 is 2.78 bits per heavy atom. The van der Waals surface area contributed by atoms with Gasteiger partial charge < -0.3 is 9.80 Å². The van der Waals surface area contributed by atoms with E-state index in [9.17, 15) is 21.9 Å². The Morgan fingerprint density at radius 2 is 2.13 bits per heavy atom. The molecule has 1 atom stereocenters. The summed E-state index contributed by atoms with van der Waals surface area (Å²) in [7, 11) is -4.60. The molecule has 6 nitrogen and oxygen atoms in total. The number of hydrogen-bond acceptors (Lipinski definition) is 4. The summed E-state index contributed by atoms with van der Waals surface area (Å²) in [4.78, 5) is 26.9. The zero-order chi connectivity index (χ0) is 16.8. The standard InChI is InChI=1S/C15H17FN2O4S/c1-10(19)17-5-4-12-2-3-13(7-14(12)17)18-8-11(6-15(18)20)9-23(16,21)22/h2-3,7,11H,4-6,8-9H2,1H3. The van der Waals surface area contributed by atoms with Crippen LogP contribution in [0.3, 0.4) is 0 Å². The van der Waals surface area contributed by atoms with E-state index in [1.807, 2.05) is 6.07 Å². The summed E-state index contributed by atoms with van der Waals surface area (Å²) in [5, 5.41) is 0. The molecule has 2 aliphatic rings. The highest BCUT2D eigenvalue weighted by Crippen LogP contribution is 2.34. The third-order valence-corrected chi connectivity index (χ3v) is 5.17. The van der Waals surface area contributed by atoms with Crippen molar-refractivity contribution in [1.29, 1.82) is 0 Å². The maximum absolute atomic E-state index is 12.8. The normalized spacial score (nSPS) is 21.0. The number of halogens is 1. The summed E-state index contributed by atoms with van der Waals surface area (Å²) in [6, 6.07) is 5.43. The van der Waals surface area contributed by atoms with Gasteiger partial charge in [0.15, 0.2) is 0 Å². The summed E-state index contributed by atoms with van der Waals surface area (Å²) in [6.07, 6.45) is 0.780. The van der Waals surface area contributed by atoms with E-state index in [0.29, 0.717) is 12.2 Å². The van der Waals surface area contributed by atoms with Crippen LogP contribution in [-0.2, 0) is 26.2 Å². The molecule has 1 aromatic rings. The molecule has 8 heteroatoms. The SMILES string of the molecule is CC(=O)N1CCc2ccc(N3CC(CS(=O)(=O)F)CC3=O)cc21. The van der Waals surface area contributed by atoms with Crippen LogP contribution in [0.15, 0.2) is 18.2 Å². The van der Waals surface area contributed by atoms with Crippen molar-refractivity contribution in [3.63, 3.8) is 0 Å². The molecule has 1 aromatic carbocycles. The molecular weight excluding hydrogens is 323 g/mol. The van der Waals surface area contributed by atoms with Gasteiger partial charge in [0, 0.05) is 43.7 Å². The predicted molar refractivity (Wildman–Crippen MR) is 83.5 cm³/mol. The van der Waals surface area contributed by atoms with Crippen LogP contribution in [0.5, 0.6) is 0 Å². The molecule has 124 valence electrons. The van der Waals surface area contributed by atoms with E-state index < -0.39 is 21.9 Å². The lowest BCUT2D eigenvalue weighted by Crippen LogP contribution is -2.27. The van der Waals surface area contributed by atoms with Gasteiger partial charge in [-0.05, 0) is 24.1 Å². The number of carbonyl (C=O) groups is 2. The van der Waals surface area contributed by atoms with Crippen LogP contribution in [0.4, 0.5) is 15.3 Å². The van der Waals surface area contributed by atoms with Crippen molar-refractivity contribution in [1.82, 2.24) is 0 Å². The maximum atomic E-state index is 12.8. The van der Waals surface area contributed by atoms with Crippen LogP contribution in [0, 0.1) is 5.92 Å². The van der Waals surface area contributed by atoms with Gasteiger partial charge in [0.1, 0.15) is 0 Å². The van der Waals surface area contributed by atoms with Crippen molar-refractivity contribution in [2.24, 2.45) is 5.92 Å². The minimum absolute atomic E-state index is 0.0106. The number of fused-ring (bicyclic) bond motifs is 1. The Morgan fingerprint density at radius 1 is 1.39 bits per heavy atom. The Hall–Kier alpha value is -1.96. The second-order valence-corrected chi connectivity index (χ2v) is 7.42. The highest BCUT2D eigenvalue weighted by Gasteiger charge is 2.34. The van der Waals surface area contributed by atoms with Crippen LogP contribution in [0.2, 0.25) is 0 Å². The summed E-state index contributed by atoms with van der Waals surface area (Å²) in [5.74, 6) is -1.48. The van der Waals surface area contributed by atoms with Crippen LogP contribution in [0.25, 0.3) is 0 Å². The maximum Gasteiger partial charge on any atom is 0.302 e. The van der Waals surface area contributed by atoms with Crippen molar-refractivity contribution in [3.05, 3.63) is 23.8 Å². The van der Waals surface area contributed by atoms with Gasteiger partial charge >= 0.3 is 10.2 Å². The van der Waals surface area contributed by atoms with Crippen molar-refractivity contribution < 1.29 is 21.9 Å². The number of hydrogen-bond donors (Lipinski definition) is 0. The number of carbonyl (C=O) groups excluding carboxylic acids is 2. The number of nitrogens with zero attached hydrogens (tertiary/aromatic N) is 2. The molecule has 0 aromatic heterocycles. The average molecular weight is 340 g/mol. The van der Waals surface area contributed by atoms with E-state index in [4.69, 9.17) is 0 Å². The molecular formula is C15H17FN2O4S. The molecule has 2 heterocycles. The lowest BCUT2D eigenvalue weighted by Gasteiger charge is -2.20. The molecule has 0 N–H and O–H groups in total. The van der Waals surface area contributed by atoms with Gasteiger partial charge in [-0.25, -0.2) is 0 Å². The molecule has 1 saturated heterocycles. The molecule has 0 bridgehead atoms. The molecule has 0 aliphatic carbocycles. The Kier molecular flexibility index (Phi) is 3.87. The third kappa shape index (κ3) is 3.21. The highest BCUT2D eigenvalue weighted by molar-refractivity contribution is 7.86. The monoisotopic (exact) mass is 340 g/mol. The summed E-state index contributed by atoms with van der Waals surface area (Å²) in [5.41, 5.74) is 2.43. The van der Waals surface area contributed by atoms with Crippen molar-refractivity contribution >= 4 is 33.4 Å². The zero-order valence-electron chi connectivity index (χ0n) is 12.7. The van der Waals surface area contributed by atoms with Gasteiger partial charge in [-0.1, -0.05) is 6.07 Å². The van der Waals surface area contributed by atoms with Gasteiger partial charge in [-0.3, -0.25) is 9.59 Å². The Bertz CT molecular complexity index is 778. The lowest BCUT2D eigenvalue weighted by molar-refractivity contribution is -0.117. The molecule has 0 radical (unpaired) electrons. The van der Waals surface area contributed by atoms with E-state index in [-0.39, 0.29) is 24.8 Å². The van der Waals surface area contributed by atoms with Gasteiger partial charge in [0.2, 0.25) is 11.8 Å². The molecule has 1 unspecified atom stereocenters. The number of rotatable bonds is 3. The fourth-order valence-electron chi connectivity index (χ4n) is 3.29. The van der Waals surface area contributed by atoms with E-state index >= 15 is 0 Å². The quantitative estimate of drug-likeness (QED) is 0.776. The molecule has 23 heavy (non-hydrogen) atoms.